The van der Waals surface area contributed by atoms with Crippen LogP contribution in [0.15, 0.2) is 35.5 Å². The number of fused-ring (bicyclic) bond motifs is 1. The number of hydrogen-bond donors (Lipinski definition) is 0. The van der Waals surface area contributed by atoms with Gasteiger partial charge in [0, 0.05) is 37.4 Å². The maximum atomic E-state index is 13.3. The Kier molecular flexibility index (Phi) is 5.83. The van der Waals surface area contributed by atoms with Gasteiger partial charge in [0.2, 0.25) is 5.43 Å². The molecule has 1 fully saturated rings. The lowest BCUT2D eigenvalue weighted by Gasteiger charge is -2.32. The Morgan fingerprint density at radius 2 is 2.00 bits per heavy atom. The molecular formula is C22H25N5O4. The maximum absolute atomic E-state index is 13.3. The van der Waals surface area contributed by atoms with Crippen LogP contribution in [0.25, 0.3) is 11.0 Å². The molecule has 3 aromatic heterocycles. The molecular weight excluding hydrogens is 398 g/mol. The van der Waals surface area contributed by atoms with Gasteiger partial charge >= 0.3 is 0 Å². The van der Waals surface area contributed by atoms with E-state index in [0.29, 0.717) is 42.4 Å². The summed E-state index contributed by atoms with van der Waals surface area (Å²) in [7, 11) is 1.50. The molecule has 0 spiro atoms. The van der Waals surface area contributed by atoms with Crippen molar-refractivity contribution in [2.75, 3.05) is 20.2 Å². The third kappa shape index (κ3) is 4.08. The quantitative estimate of drug-likeness (QED) is 0.620. The van der Waals surface area contributed by atoms with Crippen molar-refractivity contribution >= 4 is 16.9 Å². The van der Waals surface area contributed by atoms with Gasteiger partial charge in [-0.2, -0.15) is 0 Å². The molecule has 1 atom stereocenters. The summed E-state index contributed by atoms with van der Waals surface area (Å²) in [5.74, 6) is 0.299. The summed E-state index contributed by atoms with van der Waals surface area (Å²) in [4.78, 5) is 40.8. The van der Waals surface area contributed by atoms with Gasteiger partial charge in [0.15, 0.2) is 0 Å². The second-order valence-electron chi connectivity index (χ2n) is 7.49. The van der Waals surface area contributed by atoms with E-state index < -0.39 is 0 Å². The lowest BCUT2D eigenvalue weighted by Crippen LogP contribution is -2.45. The lowest BCUT2D eigenvalue weighted by molar-refractivity contribution is 0.0517. The first-order valence-electron chi connectivity index (χ1n) is 10.3. The van der Waals surface area contributed by atoms with Gasteiger partial charge in [-0.05, 0) is 38.8 Å². The molecule has 0 N–H and O–H groups in total. The fraction of sp³-hybridized carbons (Fsp3) is 0.409. The predicted octanol–water partition coefficient (Wildman–Crippen LogP) is 2.21. The van der Waals surface area contributed by atoms with E-state index in [0.717, 1.165) is 18.5 Å². The molecule has 1 aliphatic rings. The first-order valence-corrected chi connectivity index (χ1v) is 10.3. The molecule has 9 heteroatoms. The number of methoxy groups -OCH3 is 1. The Morgan fingerprint density at radius 1 is 1.23 bits per heavy atom. The SMILES string of the molecule is CCn1cc(C(=O)N2CCCC(Oc3nccnc3OC)C2)c(=O)c2ccc(C)nc21. The maximum Gasteiger partial charge on any atom is 0.278 e. The molecule has 0 saturated carbocycles. The van der Waals surface area contributed by atoms with E-state index in [-0.39, 0.29) is 23.0 Å². The Morgan fingerprint density at radius 3 is 2.74 bits per heavy atom. The number of nitrogens with zero attached hydrogens (tertiary/aromatic N) is 5. The second-order valence-corrected chi connectivity index (χ2v) is 7.49. The minimum absolute atomic E-state index is 0.151. The van der Waals surface area contributed by atoms with Gasteiger partial charge in [0.05, 0.1) is 19.0 Å². The van der Waals surface area contributed by atoms with Crippen molar-refractivity contribution in [3.05, 3.63) is 52.2 Å². The van der Waals surface area contributed by atoms with Gasteiger partial charge in [0.25, 0.3) is 17.7 Å². The van der Waals surface area contributed by atoms with E-state index in [9.17, 15) is 9.59 Å². The summed E-state index contributed by atoms with van der Waals surface area (Å²) in [5, 5.41) is 0.451. The van der Waals surface area contributed by atoms with Crippen LogP contribution in [0.4, 0.5) is 0 Å². The topological polar surface area (TPSA) is 99.4 Å². The van der Waals surface area contributed by atoms with Crippen LogP contribution >= 0.6 is 0 Å². The molecule has 3 aromatic rings. The van der Waals surface area contributed by atoms with E-state index >= 15 is 0 Å². The molecule has 0 bridgehead atoms. The van der Waals surface area contributed by atoms with E-state index in [1.54, 1.807) is 23.2 Å². The zero-order valence-corrected chi connectivity index (χ0v) is 17.9. The number of amides is 1. The average Bonchev–Trinajstić information content (AvgIpc) is 2.79. The number of rotatable bonds is 5. The van der Waals surface area contributed by atoms with Gasteiger partial charge in [-0.15, -0.1) is 0 Å². The minimum atomic E-state index is -0.297. The van der Waals surface area contributed by atoms with Crippen LogP contribution in [0, 0.1) is 6.92 Å². The van der Waals surface area contributed by atoms with Crippen molar-refractivity contribution in [1.82, 2.24) is 24.4 Å². The number of aryl methyl sites for hydroxylation is 2. The second kappa shape index (κ2) is 8.71. The largest absolute Gasteiger partial charge is 0.477 e. The first-order chi connectivity index (χ1) is 15.0. The van der Waals surface area contributed by atoms with Crippen LogP contribution in [0.1, 0.15) is 35.8 Å². The third-order valence-electron chi connectivity index (χ3n) is 5.40. The van der Waals surface area contributed by atoms with Gasteiger partial charge in [0.1, 0.15) is 17.3 Å². The summed E-state index contributed by atoms with van der Waals surface area (Å²) in [6, 6.07) is 3.53. The smallest absolute Gasteiger partial charge is 0.278 e. The fourth-order valence-corrected chi connectivity index (χ4v) is 3.83. The number of piperidine rings is 1. The Hall–Kier alpha value is -3.49. The van der Waals surface area contributed by atoms with E-state index in [1.807, 2.05) is 18.4 Å². The molecule has 0 radical (unpaired) electrons. The molecule has 31 heavy (non-hydrogen) atoms. The molecule has 1 amide bonds. The lowest BCUT2D eigenvalue weighted by atomic mass is 10.1. The van der Waals surface area contributed by atoms with Crippen LogP contribution in [-0.4, -0.2) is 56.6 Å². The molecule has 0 aliphatic carbocycles. The number of carbonyl (C=O) groups excluding carboxylic acids is 1. The van der Waals surface area contributed by atoms with Crippen LogP contribution < -0.4 is 14.9 Å². The van der Waals surface area contributed by atoms with Crippen molar-refractivity contribution < 1.29 is 14.3 Å². The number of pyridine rings is 2. The van der Waals surface area contributed by atoms with Crippen molar-refractivity contribution in [1.29, 1.82) is 0 Å². The van der Waals surface area contributed by atoms with Crippen molar-refractivity contribution in [3.63, 3.8) is 0 Å². The number of likely N-dealkylation sites (tertiary alicyclic amines) is 1. The number of carbonyl (C=O) groups is 1. The highest BCUT2D eigenvalue weighted by atomic mass is 16.5. The molecule has 4 rings (SSSR count). The van der Waals surface area contributed by atoms with Crippen LogP contribution in [0.3, 0.4) is 0 Å². The summed E-state index contributed by atoms with van der Waals surface area (Å²) in [6.07, 6.45) is 5.94. The van der Waals surface area contributed by atoms with Crippen molar-refractivity contribution in [3.8, 4) is 11.8 Å². The van der Waals surface area contributed by atoms with Crippen molar-refractivity contribution in [2.24, 2.45) is 0 Å². The predicted molar refractivity (Wildman–Crippen MR) is 115 cm³/mol. The average molecular weight is 423 g/mol. The van der Waals surface area contributed by atoms with Gasteiger partial charge in [-0.1, -0.05) is 0 Å². The van der Waals surface area contributed by atoms with Crippen molar-refractivity contribution in [2.45, 2.75) is 39.3 Å². The van der Waals surface area contributed by atoms with Crippen LogP contribution in [0.2, 0.25) is 0 Å². The Balaban J connectivity index is 1.60. The van der Waals surface area contributed by atoms with Crippen LogP contribution in [0.5, 0.6) is 11.8 Å². The molecule has 1 unspecified atom stereocenters. The molecule has 4 heterocycles. The van der Waals surface area contributed by atoms with E-state index in [2.05, 4.69) is 15.0 Å². The fourth-order valence-electron chi connectivity index (χ4n) is 3.83. The highest BCUT2D eigenvalue weighted by Gasteiger charge is 2.29. The van der Waals surface area contributed by atoms with Gasteiger partial charge in [-0.25, -0.2) is 15.0 Å². The summed E-state index contributed by atoms with van der Waals surface area (Å²) in [6.45, 7) is 5.36. The molecule has 162 valence electrons. The Labute approximate surface area is 179 Å². The number of hydrogen-bond acceptors (Lipinski definition) is 7. The highest BCUT2D eigenvalue weighted by Crippen LogP contribution is 2.24. The van der Waals surface area contributed by atoms with E-state index in [1.165, 1.54) is 19.5 Å². The number of aromatic nitrogens is 4. The number of ether oxygens (including phenoxy) is 2. The van der Waals surface area contributed by atoms with Crippen LogP contribution in [-0.2, 0) is 6.54 Å². The molecule has 9 nitrogen and oxygen atoms in total. The highest BCUT2D eigenvalue weighted by molar-refractivity contribution is 5.97. The van der Waals surface area contributed by atoms with Gasteiger partial charge < -0.3 is 18.9 Å². The molecule has 0 aromatic carbocycles. The molecule has 1 saturated heterocycles. The summed E-state index contributed by atoms with van der Waals surface area (Å²) < 4.78 is 13.0. The first kappa shape index (κ1) is 20.8. The standard InChI is InChI=1S/C22H25N5O4/c1-4-26-13-17(18(28)16-8-7-14(2)25-19(16)26)22(29)27-11-5-6-15(12-27)31-21-20(30-3)23-9-10-24-21/h7-10,13,15H,4-6,11-12H2,1-3H3. The minimum Gasteiger partial charge on any atom is -0.477 e. The van der Waals surface area contributed by atoms with E-state index in [4.69, 9.17) is 9.47 Å². The zero-order chi connectivity index (χ0) is 22.0. The van der Waals surface area contributed by atoms with Gasteiger partial charge in [-0.3, -0.25) is 9.59 Å². The normalized spacial score (nSPS) is 16.4. The monoisotopic (exact) mass is 423 g/mol. The zero-order valence-electron chi connectivity index (χ0n) is 17.9. The summed E-state index contributed by atoms with van der Waals surface area (Å²) >= 11 is 0. The molecule has 1 aliphatic heterocycles. The Bertz CT molecular complexity index is 1180. The summed E-state index contributed by atoms with van der Waals surface area (Å²) in [5.41, 5.74) is 1.27. The third-order valence-corrected chi connectivity index (χ3v) is 5.40.